The maximum Gasteiger partial charge on any atom is 0.144 e. The zero-order valence-electron chi connectivity index (χ0n) is 7.59. The van der Waals surface area contributed by atoms with E-state index in [1.54, 1.807) is 6.20 Å². The van der Waals surface area contributed by atoms with Crippen molar-refractivity contribution in [3.05, 3.63) is 23.0 Å². The van der Waals surface area contributed by atoms with Crippen LogP contribution < -0.4 is 4.74 Å². The quantitative estimate of drug-likeness (QED) is 0.744. The van der Waals surface area contributed by atoms with Gasteiger partial charge in [0.15, 0.2) is 0 Å². The van der Waals surface area contributed by atoms with E-state index in [0.717, 1.165) is 30.6 Å². The molecular formula is C10H12ClNO. The Hall–Kier alpha value is -0.760. The second-order valence-corrected chi connectivity index (χ2v) is 3.69. The Kier molecular flexibility index (Phi) is 2.40. The van der Waals surface area contributed by atoms with Crippen molar-refractivity contribution in [2.75, 3.05) is 0 Å². The van der Waals surface area contributed by atoms with Crippen LogP contribution in [0.5, 0.6) is 5.75 Å². The molecule has 0 aliphatic heterocycles. The lowest BCUT2D eigenvalue weighted by molar-refractivity contribution is 0.300. The Balaban J connectivity index is 2.27. The van der Waals surface area contributed by atoms with Gasteiger partial charge in [-0.05, 0) is 19.3 Å². The fraction of sp³-hybridized carbons (Fsp3) is 0.500. The van der Waals surface area contributed by atoms with Gasteiger partial charge in [0.2, 0.25) is 0 Å². The molecule has 2 rings (SSSR count). The highest BCUT2D eigenvalue weighted by atomic mass is 35.5. The molecule has 0 amide bonds. The highest BCUT2D eigenvalue weighted by Gasteiger charge is 2.25. The Morgan fingerprint density at radius 2 is 2.31 bits per heavy atom. The molecule has 0 unspecified atom stereocenters. The first-order valence-corrected chi connectivity index (χ1v) is 4.98. The molecule has 70 valence electrons. The minimum atomic E-state index is 0.394. The van der Waals surface area contributed by atoms with Crippen LogP contribution >= 0.6 is 11.6 Å². The van der Waals surface area contributed by atoms with E-state index in [-0.39, 0.29) is 0 Å². The molecule has 1 aromatic rings. The van der Waals surface area contributed by atoms with E-state index in [4.69, 9.17) is 16.3 Å². The van der Waals surface area contributed by atoms with Gasteiger partial charge < -0.3 is 4.74 Å². The van der Waals surface area contributed by atoms with Crippen molar-refractivity contribution >= 4 is 11.6 Å². The van der Waals surface area contributed by atoms with E-state index >= 15 is 0 Å². The summed E-state index contributed by atoms with van der Waals surface area (Å²) >= 11 is 5.99. The van der Waals surface area contributed by atoms with Crippen LogP contribution in [0.1, 0.15) is 25.3 Å². The van der Waals surface area contributed by atoms with Crippen LogP contribution in [0, 0.1) is 0 Å². The summed E-state index contributed by atoms with van der Waals surface area (Å²) < 4.78 is 5.71. The molecule has 1 fully saturated rings. The lowest BCUT2D eigenvalue weighted by Gasteiger charge is -2.10. The van der Waals surface area contributed by atoms with Gasteiger partial charge in [0.1, 0.15) is 10.8 Å². The van der Waals surface area contributed by atoms with Gasteiger partial charge in [-0.3, -0.25) is 4.98 Å². The maximum absolute atomic E-state index is 5.99. The number of hydrogen-bond acceptors (Lipinski definition) is 2. The molecule has 1 aliphatic rings. The number of halogens is 1. The predicted molar refractivity (Wildman–Crippen MR) is 52.3 cm³/mol. The zero-order chi connectivity index (χ0) is 9.26. The molecule has 0 atom stereocenters. The molecule has 3 heteroatoms. The number of nitrogens with zero attached hydrogens (tertiary/aromatic N) is 1. The SMILES string of the molecule is CCc1cncc(Cl)c1OC1CC1. The summed E-state index contributed by atoms with van der Waals surface area (Å²) in [6.07, 6.45) is 7.08. The third-order valence-corrected chi connectivity index (χ3v) is 2.39. The summed E-state index contributed by atoms with van der Waals surface area (Å²) in [6, 6.07) is 0. The van der Waals surface area contributed by atoms with Crippen LogP contribution in [-0.4, -0.2) is 11.1 Å². The van der Waals surface area contributed by atoms with Crippen molar-refractivity contribution in [1.82, 2.24) is 4.98 Å². The van der Waals surface area contributed by atoms with Crippen LogP contribution in [0.2, 0.25) is 5.02 Å². The number of ether oxygens (including phenoxy) is 1. The molecule has 1 aromatic heterocycles. The van der Waals surface area contributed by atoms with Gasteiger partial charge in [0.25, 0.3) is 0 Å². The Bertz CT molecular complexity index is 310. The summed E-state index contributed by atoms with van der Waals surface area (Å²) in [5.74, 6) is 0.835. The monoisotopic (exact) mass is 197 g/mol. The second-order valence-electron chi connectivity index (χ2n) is 3.28. The largest absolute Gasteiger partial charge is 0.488 e. The van der Waals surface area contributed by atoms with E-state index in [1.165, 1.54) is 0 Å². The minimum Gasteiger partial charge on any atom is -0.488 e. The highest BCUT2D eigenvalue weighted by Crippen LogP contribution is 2.34. The Morgan fingerprint density at radius 3 is 2.92 bits per heavy atom. The van der Waals surface area contributed by atoms with Crippen molar-refractivity contribution in [3.8, 4) is 5.75 Å². The van der Waals surface area contributed by atoms with Crippen LogP contribution in [0.3, 0.4) is 0 Å². The molecular weight excluding hydrogens is 186 g/mol. The predicted octanol–water partition coefficient (Wildman–Crippen LogP) is 2.84. The molecule has 1 heterocycles. The third kappa shape index (κ3) is 1.94. The molecule has 0 aromatic carbocycles. The van der Waals surface area contributed by atoms with Crippen molar-refractivity contribution in [1.29, 1.82) is 0 Å². The van der Waals surface area contributed by atoms with E-state index in [0.29, 0.717) is 11.1 Å². The highest BCUT2D eigenvalue weighted by molar-refractivity contribution is 6.32. The Morgan fingerprint density at radius 1 is 1.54 bits per heavy atom. The number of aromatic nitrogens is 1. The van der Waals surface area contributed by atoms with Gasteiger partial charge in [0.05, 0.1) is 6.10 Å². The van der Waals surface area contributed by atoms with Crippen LogP contribution in [0.4, 0.5) is 0 Å². The molecule has 0 N–H and O–H groups in total. The molecule has 0 saturated heterocycles. The van der Waals surface area contributed by atoms with E-state index in [9.17, 15) is 0 Å². The molecule has 13 heavy (non-hydrogen) atoms. The first-order chi connectivity index (χ1) is 6.31. The lowest BCUT2D eigenvalue weighted by Crippen LogP contribution is -2.00. The average Bonchev–Trinajstić information content (AvgIpc) is 2.92. The van der Waals surface area contributed by atoms with Crippen molar-refractivity contribution < 1.29 is 4.74 Å². The summed E-state index contributed by atoms with van der Waals surface area (Å²) in [5, 5.41) is 0.631. The van der Waals surface area contributed by atoms with Crippen molar-refractivity contribution in [3.63, 3.8) is 0 Å². The molecule has 0 bridgehead atoms. The van der Waals surface area contributed by atoms with Gasteiger partial charge >= 0.3 is 0 Å². The molecule has 0 spiro atoms. The van der Waals surface area contributed by atoms with Crippen molar-refractivity contribution in [2.45, 2.75) is 32.3 Å². The molecule has 1 aliphatic carbocycles. The first-order valence-electron chi connectivity index (χ1n) is 4.60. The number of rotatable bonds is 3. The van der Waals surface area contributed by atoms with Gasteiger partial charge in [-0.25, -0.2) is 0 Å². The summed E-state index contributed by atoms with van der Waals surface area (Å²) in [4.78, 5) is 4.03. The zero-order valence-corrected chi connectivity index (χ0v) is 8.34. The fourth-order valence-corrected chi connectivity index (χ4v) is 1.42. The van der Waals surface area contributed by atoms with E-state index < -0.39 is 0 Å². The van der Waals surface area contributed by atoms with Crippen LogP contribution in [-0.2, 0) is 6.42 Å². The summed E-state index contributed by atoms with van der Waals surface area (Å²) in [7, 11) is 0. The van der Waals surface area contributed by atoms with Gasteiger partial charge in [0, 0.05) is 18.0 Å². The standard InChI is InChI=1S/C10H12ClNO/c1-2-7-5-12-6-9(11)10(7)13-8-3-4-8/h5-6,8H,2-4H2,1H3. The Labute approximate surface area is 82.9 Å². The molecule has 0 radical (unpaired) electrons. The molecule has 1 saturated carbocycles. The average molecular weight is 198 g/mol. The summed E-state index contributed by atoms with van der Waals surface area (Å²) in [5.41, 5.74) is 1.10. The van der Waals surface area contributed by atoms with E-state index in [1.807, 2.05) is 6.20 Å². The normalized spacial score (nSPS) is 15.8. The van der Waals surface area contributed by atoms with Gasteiger partial charge in [-0.1, -0.05) is 18.5 Å². The van der Waals surface area contributed by atoms with Crippen molar-refractivity contribution in [2.24, 2.45) is 0 Å². The topological polar surface area (TPSA) is 22.1 Å². The van der Waals surface area contributed by atoms with E-state index in [2.05, 4.69) is 11.9 Å². The lowest BCUT2D eigenvalue weighted by atomic mass is 10.2. The van der Waals surface area contributed by atoms with Crippen LogP contribution in [0.15, 0.2) is 12.4 Å². The van der Waals surface area contributed by atoms with Gasteiger partial charge in [-0.15, -0.1) is 0 Å². The van der Waals surface area contributed by atoms with Gasteiger partial charge in [-0.2, -0.15) is 0 Å². The molecule has 2 nitrogen and oxygen atoms in total. The minimum absolute atomic E-state index is 0.394. The van der Waals surface area contributed by atoms with Crippen LogP contribution in [0.25, 0.3) is 0 Å². The maximum atomic E-state index is 5.99. The fourth-order valence-electron chi connectivity index (χ4n) is 1.20. The number of pyridine rings is 1. The smallest absolute Gasteiger partial charge is 0.144 e. The number of hydrogen-bond donors (Lipinski definition) is 0. The summed E-state index contributed by atoms with van der Waals surface area (Å²) in [6.45, 7) is 2.08. The first kappa shape index (κ1) is 8.82. The third-order valence-electron chi connectivity index (χ3n) is 2.12. The number of aryl methyl sites for hydroxylation is 1. The second kappa shape index (κ2) is 3.54.